The number of hydrogen-bond acceptors (Lipinski definition) is 6. The molecule has 8 heteroatoms. The highest BCUT2D eigenvalue weighted by atomic mass is 32.1. The van der Waals surface area contributed by atoms with Crippen molar-refractivity contribution in [1.29, 1.82) is 0 Å². The highest BCUT2D eigenvalue weighted by Crippen LogP contribution is 2.29. The summed E-state index contributed by atoms with van der Waals surface area (Å²) in [6.07, 6.45) is 1.77. The van der Waals surface area contributed by atoms with Gasteiger partial charge in [-0.2, -0.15) is 0 Å². The first-order chi connectivity index (χ1) is 14.6. The van der Waals surface area contributed by atoms with Gasteiger partial charge in [-0.3, -0.25) is 19.0 Å². The maximum Gasteiger partial charge on any atom is 0.258 e. The van der Waals surface area contributed by atoms with Crippen LogP contribution in [-0.2, 0) is 13.1 Å². The number of thiazole rings is 1. The quantitative estimate of drug-likeness (QED) is 0.471. The molecule has 0 amide bonds. The van der Waals surface area contributed by atoms with E-state index >= 15 is 0 Å². The number of piperazine rings is 1. The van der Waals surface area contributed by atoms with E-state index in [-0.39, 0.29) is 11.4 Å². The molecular formula is C22H21FN4OS2. The maximum atomic E-state index is 13.5. The predicted octanol–water partition coefficient (Wildman–Crippen LogP) is 3.94. The normalized spacial score (nSPS) is 15.8. The molecule has 4 aromatic rings. The van der Waals surface area contributed by atoms with Crippen molar-refractivity contribution in [2.75, 3.05) is 26.2 Å². The van der Waals surface area contributed by atoms with Crippen LogP contribution in [0.1, 0.15) is 10.6 Å². The molecule has 0 radical (unpaired) electrons. The van der Waals surface area contributed by atoms with Crippen LogP contribution in [0, 0.1) is 5.82 Å². The van der Waals surface area contributed by atoms with Crippen LogP contribution in [0.4, 0.5) is 4.39 Å². The molecule has 5 rings (SSSR count). The van der Waals surface area contributed by atoms with Crippen LogP contribution in [0.25, 0.3) is 15.4 Å². The molecule has 154 valence electrons. The first-order valence-corrected chi connectivity index (χ1v) is 11.6. The zero-order valence-electron chi connectivity index (χ0n) is 16.3. The third kappa shape index (κ3) is 4.22. The zero-order valence-corrected chi connectivity index (χ0v) is 18.0. The number of thiophene rings is 1. The van der Waals surface area contributed by atoms with Crippen molar-refractivity contribution in [3.63, 3.8) is 0 Å². The molecule has 1 aliphatic heterocycles. The fourth-order valence-electron chi connectivity index (χ4n) is 3.78. The molecule has 1 fully saturated rings. The van der Waals surface area contributed by atoms with E-state index in [0.717, 1.165) is 53.8 Å². The Morgan fingerprint density at radius 1 is 1.00 bits per heavy atom. The van der Waals surface area contributed by atoms with Crippen molar-refractivity contribution in [3.05, 3.63) is 80.8 Å². The Kier molecular flexibility index (Phi) is 5.47. The fourth-order valence-corrected chi connectivity index (χ4v) is 5.57. The molecule has 0 spiro atoms. The molecule has 3 aromatic heterocycles. The Morgan fingerprint density at radius 3 is 2.60 bits per heavy atom. The molecule has 0 bridgehead atoms. The molecule has 5 nitrogen and oxygen atoms in total. The summed E-state index contributed by atoms with van der Waals surface area (Å²) in [5.41, 5.74) is 1.76. The first kappa shape index (κ1) is 19.6. The Labute approximate surface area is 181 Å². The third-order valence-electron chi connectivity index (χ3n) is 5.36. The van der Waals surface area contributed by atoms with Gasteiger partial charge < -0.3 is 0 Å². The summed E-state index contributed by atoms with van der Waals surface area (Å²) in [5.74, 6) is -0.200. The topological polar surface area (TPSA) is 40.9 Å². The van der Waals surface area contributed by atoms with Crippen molar-refractivity contribution in [3.8, 4) is 10.4 Å². The predicted molar refractivity (Wildman–Crippen MR) is 120 cm³/mol. The molecule has 30 heavy (non-hydrogen) atoms. The van der Waals surface area contributed by atoms with Gasteiger partial charge in [0.25, 0.3) is 5.56 Å². The summed E-state index contributed by atoms with van der Waals surface area (Å²) in [7, 11) is 0. The summed E-state index contributed by atoms with van der Waals surface area (Å²) >= 11 is 3.21. The average molecular weight is 441 g/mol. The van der Waals surface area contributed by atoms with Gasteiger partial charge in [0.05, 0.1) is 5.69 Å². The van der Waals surface area contributed by atoms with Gasteiger partial charge in [0.2, 0.25) is 0 Å². The Morgan fingerprint density at radius 2 is 1.80 bits per heavy atom. The summed E-state index contributed by atoms with van der Waals surface area (Å²) < 4.78 is 15.1. The van der Waals surface area contributed by atoms with E-state index in [1.165, 1.54) is 22.3 Å². The zero-order chi connectivity index (χ0) is 20.5. The summed E-state index contributed by atoms with van der Waals surface area (Å²) in [4.78, 5) is 24.7. The smallest absolute Gasteiger partial charge is 0.258 e. The van der Waals surface area contributed by atoms with Crippen LogP contribution in [-0.4, -0.2) is 45.4 Å². The Balaban J connectivity index is 1.18. The monoisotopic (exact) mass is 440 g/mol. The minimum Gasteiger partial charge on any atom is -0.296 e. The van der Waals surface area contributed by atoms with Gasteiger partial charge in [0.15, 0.2) is 4.96 Å². The SMILES string of the molecule is O=c1cc(CN2CCN(Cc3ccc(-c4cccc(F)c4)s3)CC2)nc2sccn12. The second-order valence-corrected chi connectivity index (χ2v) is 9.51. The summed E-state index contributed by atoms with van der Waals surface area (Å²) in [5, 5.41) is 1.89. The van der Waals surface area contributed by atoms with Gasteiger partial charge in [0.1, 0.15) is 5.82 Å². The lowest BCUT2D eigenvalue weighted by molar-refractivity contribution is 0.122. The molecule has 0 N–H and O–H groups in total. The lowest BCUT2D eigenvalue weighted by Crippen LogP contribution is -2.45. The van der Waals surface area contributed by atoms with Crippen molar-refractivity contribution >= 4 is 27.6 Å². The van der Waals surface area contributed by atoms with E-state index in [1.54, 1.807) is 40.1 Å². The van der Waals surface area contributed by atoms with Gasteiger partial charge >= 0.3 is 0 Å². The van der Waals surface area contributed by atoms with Crippen LogP contribution >= 0.6 is 22.7 Å². The van der Waals surface area contributed by atoms with Gasteiger partial charge in [-0.1, -0.05) is 12.1 Å². The van der Waals surface area contributed by atoms with Crippen LogP contribution < -0.4 is 5.56 Å². The minimum absolute atomic E-state index is 0.0123. The highest BCUT2D eigenvalue weighted by Gasteiger charge is 2.19. The lowest BCUT2D eigenvalue weighted by atomic mass is 10.2. The van der Waals surface area contributed by atoms with Crippen molar-refractivity contribution in [2.24, 2.45) is 0 Å². The van der Waals surface area contributed by atoms with E-state index < -0.39 is 0 Å². The maximum absolute atomic E-state index is 13.5. The number of benzene rings is 1. The number of fused-ring (bicyclic) bond motifs is 1. The average Bonchev–Trinajstić information content (AvgIpc) is 3.39. The number of aromatic nitrogens is 2. The molecule has 1 aromatic carbocycles. The van der Waals surface area contributed by atoms with E-state index in [4.69, 9.17) is 0 Å². The van der Waals surface area contributed by atoms with Gasteiger partial charge in [-0.15, -0.1) is 22.7 Å². The lowest BCUT2D eigenvalue weighted by Gasteiger charge is -2.34. The number of halogens is 1. The van der Waals surface area contributed by atoms with Gasteiger partial charge in [-0.25, -0.2) is 9.37 Å². The molecule has 4 heterocycles. The second kappa shape index (κ2) is 8.39. The van der Waals surface area contributed by atoms with Crippen LogP contribution in [0.3, 0.4) is 0 Å². The number of nitrogens with zero attached hydrogens (tertiary/aromatic N) is 4. The third-order valence-corrected chi connectivity index (χ3v) is 7.23. The Hall–Kier alpha value is -2.39. The standard InChI is InChI=1S/C22H21FN4OS2/c23-17-3-1-2-16(12-17)20-5-4-19(30-20)15-26-8-6-25(7-9-26)14-18-13-21(28)27-10-11-29-22(27)24-18/h1-5,10-13H,6-9,14-15H2. The van der Waals surface area contributed by atoms with Crippen LogP contribution in [0.2, 0.25) is 0 Å². The van der Waals surface area contributed by atoms with E-state index in [9.17, 15) is 9.18 Å². The summed E-state index contributed by atoms with van der Waals surface area (Å²) in [6.45, 7) is 5.48. The van der Waals surface area contributed by atoms with Crippen molar-refractivity contribution < 1.29 is 4.39 Å². The Bertz CT molecular complexity index is 1220. The van der Waals surface area contributed by atoms with Gasteiger partial charge in [-0.05, 0) is 29.8 Å². The molecule has 0 atom stereocenters. The van der Waals surface area contributed by atoms with Crippen LogP contribution in [0.5, 0.6) is 0 Å². The molecule has 1 aliphatic rings. The minimum atomic E-state index is -0.200. The number of rotatable bonds is 5. The molecule has 0 unspecified atom stereocenters. The summed E-state index contributed by atoms with van der Waals surface area (Å²) in [6, 6.07) is 12.6. The van der Waals surface area contributed by atoms with Crippen molar-refractivity contribution in [1.82, 2.24) is 19.2 Å². The molecule has 1 saturated heterocycles. The van der Waals surface area contributed by atoms with E-state index in [0.29, 0.717) is 6.54 Å². The van der Waals surface area contributed by atoms with E-state index in [2.05, 4.69) is 26.9 Å². The number of hydrogen-bond donors (Lipinski definition) is 0. The second-order valence-electron chi connectivity index (χ2n) is 7.47. The largest absolute Gasteiger partial charge is 0.296 e. The highest BCUT2D eigenvalue weighted by molar-refractivity contribution is 7.15. The molecule has 0 saturated carbocycles. The first-order valence-electron chi connectivity index (χ1n) is 9.89. The molecule has 0 aliphatic carbocycles. The van der Waals surface area contributed by atoms with E-state index in [1.807, 2.05) is 11.4 Å². The molecular weight excluding hydrogens is 419 g/mol. The fraction of sp³-hybridized carbons (Fsp3) is 0.273. The van der Waals surface area contributed by atoms with Crippen LogP contribution in [0.15, 0.2) is 58.8 Å². The van der Waals surface area contributed by atoms with Crippen molar-refractivity contribution in [2.45, 2.75) is 13.1 Å². The van der Waals surface area contributed by atoms with Gasteiger partial charge in [0, 0.05) is 66.7 Å².